The smallest absolute Gasteiger partial charge is 0.291 e. The first-order chi connectivity index (χ1) is 13.2. The van der Waals surface area contributed by atoms with E-state index in [0.29, 0.717) is 17.0 Å². The van der Waals surface area contributed by atoms with Crippen molar-refractivity contribution in [1.29, 1.82) is 0 Å². The molecule has 134 valence electrons. The molecule has 0 radical (unpaired) electrons. The molecule has 27 heavy (non-hydrogen) atoms. The van der Waals surface area contributed by atoms with Crippen molar-refractivity contribution in [2.24, 2.45) is 0 Å². The summed E-state index contributed by atoms with van der Waals surface area (Å²) in [5.74, 6) is -0.561. The fraction of sp³-hybridized carbons (Fsp3) is 0.0526. The highest BCUT2D eigenvalue weighted by Crippen LogP contribution is 2.20. The molecule has 0 atom stereocenters. The summed E-state index contributed by atoms with van der Waals surface area (Å²) in [5.41, 5.74) is 6.58. The standard InChI is InChI=1S/C19H14N4O4/c24-18(11-14-13-8-4-5-9-16(13)26-22-14)20-21-19(25)15-10-17(27-23-15)12-6-2-1-3-7-12/h1-10H,11H2,(H,20,24)(H,21,25). The van der Waals surface area contributed by atoms with E-state index in [1.54, 1.807) is 6.07 Å². The van der Waals surface area contributed by atoms with Gasteiger partial charge in [0, 0.05) is 17.0 Å². The van der Waals surface area contributed by atoms with Crippen molar-refractivity contribution in [3.63, 3.8) is 0 Å². The summed E-state index contributed by atoms with van der Waals surface area (Å²) >= 11 is 0. The van der Waals surface area contributed by atoms with Crippen LogP contribution >= 0.6 is 0 Å². The van der Waals surface area contributed by atoms with E-state index in [4.69, 9.17) is 9.05 Å². The molecule has 0 unspecified atom stereocenters. The molecule has 0 saturated carbocycles. The van der Waals surface area contributed by atoms with Gasteiger partial charge in [0.1, 0.15) is 5.69 Å². The Morgan fingerprint density at radius 1 is 0.889 bits per heavy atom. The van der Waals surface area contributed by atoms with Crippen LogP contribution in [0.25, 0.3) is 22.3 Å². The molecular weight excluding hydrogens is 348 g/mol. The van der Waals surface area contributed by atoms with Crippen LogP contribution in [0.4, 0.5) is 0 Å². The molecule has 0 fully saturated rings. The summed E-state index contributed by atoms with van der Waals surface area (Å²) < 4.78 is 10.3. The summed E-state index contributed by atoms with van der Waals surface area (Å²) in [6.45, 7) is 0. The minimum Gasteiger partial charge on any atom is -0.356 e. The number of para-hydroxylation sites is 1. The SMILES string of the molecule is O=C(Cc1noc2ccccc12)NNC(=O)c1cc(-c2ccccc2)on1. The second-order valence-electron chi connectivity index (χ2n) is 5.75. The Morgan fingerprint density at radius 3 is 2.52 bits per heavy atom. The van der Waals surface area contributed by atoms with Gasteiger partial charge < -0.3 is 9.05 Å². The van der Waals surface area contributed by atoms with E-state index in [1.165, 1.54) is 6.07 Å². The first-order valence-corrected chi connectivity index (χ1v) is 8.15. The van der Waals surface area contributed by atoms with Gasteiger partial charge in [-0.05, 0) is 12.1 Å². The van der Waals surface area contributed by atoms with E-state index >= 15 is 0 Å². The Hall–Kier alpha value is -3.94. The number of amides is 2. The highest BCUT2D eigenvalue weighted by molar-refractivity contribution is 5.95. The molecule has 8 heteroatoms. The third kappa shape index (κ3) is 3.54. The van der Waals surface area contributed by atoms with Crippen LogP contribution in [0.15, 0.2) is 69.7 Å². The molecule has 2 aromatic heterocycles. The average Bonchev–Trinajstić information content (AvgIpc) is 3.35. The van der Waals surface area contributed by atoms with Crippen molar-refractivity contribution in [1.82, 2.24) is 21.2 Å². The summed E-state index contributed by atoms with van der Waals surface area (Å²) in [4.78, 5) is 24.2. The van der Waals surface area contributed by atoms with Crippen molar-refractivity contribution in [3.05, 3.63) is 72.1 Å². The third-order valence-electron chi connectivity index (χ3n) is 3.90. The number of benzene rings is 2. The van der Waals surface area contributed by atoms with E-state index in [2.05, 4.69) is 21.2 Å². The predicted molar refractivity (Wildman–Crippen MR) is 95.3 cm³/mol. The van der Waals surface area contributed by atoms with Crippen molar-refractivity contribution in [3.8, 4) is 11.3 Å². The molecule has 0 bridgehead atoms. The zero-order valence-electron chi connectivity index (χ0n) is 14.0. The molecule has 4 aromatic rings. The van der Waals surface area contributed by atoms with Crippen molar-refractivity contribution >= 4 is 22.8 Å². The summed E-state index contributed by atoms with van der Waals surface area (Å²) in [6.07, 6.45) is -0.0363. The Kier molecular flexibility index (Phi) is 4.36. The Labute approximate surface area is 153 Å². The molecule has 8 nitrogen and oxygen atoms in total. The summed E-state index contributed by atoms with van der Waals surface area (Å²) in [5, 5.41) is 8.36. The molecule has 0 aliphatic heterocycles. The molecule has 2 aromatic carbocycles. The summed E-state index contributed by atoms with van der Waals surface area (Å²) in [7, 11) is 0. The van der Waals surface area contributed by atoms with Gasteiger partial charge in [-0.25, -0.2) is 0 Å². The Balaban J connectivity index is 1.36. The molecule has 2 N–H and O–H groups in total. The van der Waals surface area contributed by atoms with Gasteiger partial charge in [-0.1, -0.05) is 52.8 Å². The van der Waals surface area contributed by atoms with Crippen LogP contribution in [0.1, 0.15) is 16.2 Å². The van der Waals surface area contributed by atoms with E-state index in [-0.39, 0.29) is 12.1 Å². The van der Waals surface area contributed by atoms with Gasteiger partial charge in [-0.15, -0.1) is 0 Å². The van der Waals surface area contributed by atoms with Gasteiger partial charge in [-0.2, -0.15) is 0 Å². The number of fused-ring (bicyclic) bond motifs is 1. The lowest BCUT2D eigenvalue weighted by molar-refractivity contribution is -0.121. The number of nitrogens with one attached hydrogen (secondary N) is 2. The number of nitrogens with zero attached hydrogens (tertiary/aromatic N) is 2. The van der Waals surface area contributed by atoms with Crippen molar-refractivity contribution in [2.75, 3.05) is 0 Å². The number of hydrogen-bond acceptors (Lipinski definition) is 6. The summed E-state index contributed by atoms with van der Waals surface area (Å²) in [6, 6.07) is 18.0. The molecular formula is C19H14N4O4. The van der Waals surface area contributed by atoms with Gasteiger partial charge in [0.15, 0.2) is 17.0 Å². The molecule has 0 aliphatic carbocycles. The maximum atomic E-state index is 12.1. The van der Waals surface area contributed by atoms with Crippen LogP contribution in [-0.4, -0.2) is 22.1 Å². The molecule has 0 spiro atoms. The molecule has 2 amide bonds. The average molecular weight is 362 g/mol. The monoisotopic (exact) mass is 362 g/mol. The highest BCUT2D eigenvalue weighted by atomic mass is 16.5. The fourth-order valence-corrected chi connectivity index (χ4v) is 2.57. The van der Waals surface area contributed by atoms with E-state index in [0.717, 1.165) is 10.9 Å². The third-order valence-corrected chi connectivity index (χ3v) is 3.90. The number of hydrogen-bond donors (Lipinski definition) is 2. The first-order valence-electron chi connectivity index (χ1n) is 8.15. The number of rotatable bonds is 4. The highest BCUT2D eigenvalue weighted by Gasteiger charge is 2.16. The quantitative estimate of drug-likeness (QED) is 0.540. The molecule has 0 aliphatic rings. The zero-order chi connectivity index (χ0) is 18.6. The van der Waals surface area contributed by atoms with Crippen molar-refractivity contribution in [2.45, 2.75) is 6.42 Å². The first kappa shape index (κ1) is 16.5. The minimum absolute atomic E-state index is 0.0363. The van der Waals surface area contributed by atoms with Crippen molar-refractivity contribution < 1.29 is 18.6 Å². The Bertz CT molecular complexity index is 1100. The largest absolute Gasteiger partial charge is 0.356 e. The van der Waals surface area contributed by atoms with E-state index in [1.807, 2.05) is 48.5 Å². The normalized spacial score (nSPS) is 10.7. The van der Waals surface area contributed by atoms with Gasteiger partial charge >= 0.3 is 0 Å². The van der Waals surface area contributed by atoms with Crippen LogP contribution in [0.5, 0.6) is 0 Å². The second-order valence-corrected chi connectivity index (χ2v) is 5.75. The van der Waals surface area contributed by atoms with Crippen LogP contribution < -0.4 is 10.9 Å². The number of carbonyl (C=O) groups is 2. The maximum Gasteiger partial charge on any atom is 0.291 e. The van der Waals surface area contributed by atoms with E-state index in [9.17, 15) is 9.59 Å². The lowest BCUT2D eigenvalue weighted by atomic mass is 10.1. The van der Waals surface area contributed by atoms with Crippen LogP contribution in [0.3, 0.4) is 0 Å². The molecule has 2 heterocycles. The minimum atomic E-state index is -0.584. The predicted octanol–water partition coefficient (Wildman–Crippen LogP) is 2.49. The second kappa shape index (κ2) is 7.12. The lowest BCUT2D eigenvalue weighted by Gasteiger charge is -2.04. The van der Waals surface area contributed by atoms with E-state index < -0.39 is 11.8 Å². The van der Waals surface area contributed by atoms with Crippen LogP contribution in [0, 0.1) is 0 Å². The van der Waals surface area contributed by atoms with Gasteiger partial charge in [0.2, 0.25) is 5.91 Å². The number of hydrazine groups is 1. The van der Waals surface area contributed by atoms with Crippen LogP contribution in [-0.2, 0) is 11.2 Å². The Morgan fingerprint density at radius 2 is 1.67 bits per heavy atom. The van der Waals surface area contributed by atoms with Crippen LogP contribution in [0.2, 0.25) is 0 Å². The number of aromatic nitrogens is 2. The zero-order valence-corrected chi connectivity index (χ0v) is 14.0. The topological polar surface area (TPSA) is 110 Å². The molecule has 0 saturated heterocycles. The van der Waals surface area contributed by atoms with Gasteiger partial charge in [-0.3, -0.25) is 20.4 Å². The molecule has 4 rings (SSSR count). The van der Waals surface area contributed by atoms with Gasteiger partial charge in [0.25, 0.3) is 5.91 Å². The van der Waals surface area contributed by atoms with Gasteiger partial charge in [0.05, 0.1) is 6.42 Å². The lowest BCUT2D eigenvalue weighted by Crippen LogP contribution is -2.42. The fourth-order valence-electron chi connectivity index (χ4n) is 2.57. The maximum absolute atomic E-state index is 12.1. The number of carbonyl (C=O) groups excluding carboxylic acids is 2.